The molecule has 0 spiro atoms. The lowest BCUT2D eigenvalue weighted by Crippen LogP contribution is -2.28. The molecule has 0 aromatic heterocycles. The molecule has 142 valence electrons. The van der Waals surface area contributed by atoms with Crippen LogP contribution in [0, 0.1) is 5.92 Å². The summed E-state index contributed by atoms with van der Waals surface area (Å²) in [6.45, 7) is 0.246. The maximum Gasteiger partial charge on any atom is 0.261 e. The molecule has 0 saturated carbocycles. The Bertz CT molecular complexity index is 1040. The maximum absolute atomic E-state index is 12.6. The number of halogens is 1. The number of benzene rings is 2. The Hall–Kier alpha value is -3.19. The summed E-state index contributed by atoms with van der Waals surface area (Å²) >= 11 is 5.98. The number of hydrogen-bond donors (Lipinski definition) is 1. The van der Waals surface area contributed by atoms with Gasteiger partial charge in [-0.25, -0.2) is 0 Å². The smallest absolute Gasteiger partial charge is 0.261 e. The number of carbonyl (C=O) groups excluding carboxylic acids is 4. The highest BCUT2D eigenvalue weighted by molar-refractivity contribution is 6.31. The van der Waals surface area contributed by atoms with E-state index < -0.39 is 11.8 Å². The van der Waals surface area contributed by atoms with Gasteiger partial charge in [-0.15, -0.1) is 0 Å². The van der Waals surface area contributed by atoms with Gasteiger partial charge in [-0.2, -0.15) is 0 Å². The average molecular weight is 398 g/mol. The average Bonchev–Trinajstić information content (AvgIpc) is 3.16. The molecule has 2 aromatic rings. The van der Waals surface area contributed by atoms with E-state index in [0.29, 0.717) is 22.0 Å². The largest absolute Gasteiger partial charge is 0.326 e. The van der Waals surface area contributed by atoms with Crippen molar-refractivity contribution < 1.29 is 19.2 Å². The normalized spacial score (nSPS) is 18.6. The minimum atomic E-state index is -0.528. The molecule has 0 radical (unpaired) electrons. The van der Waals surface area contributed by atoms with Crippen LogP contribution in [-0.2, 0) is 9.59 Å². The van der Waals surface area contributed by atoms with Gasteiger partial charge in [0.15, 0.2) is 0 Å². The van der Waals surface area contributed by atoms with Crippen LogP contribution in [0.4, 0.5) is 11.4 Å². The molecule has 0 unspecified atom stereocenters. The van der Waals surface area contributed by atoms with Gasteiger partial charge in [-0.3, -0.25) is 24.1 Å². The zero-order valence-electron chi connectivity index (χ0n) is 14.9. The molecule has 1 N–H and O–H groups in total. The van der Waals surface area contributed by atoms with Crippen molar-refractivity contribution in [2.24, 2.45) is 5.92 Å². The second kappa shape index (κ2) is 6.76. The van der Waals surface area contributed by atoms with Gasteiger partial charge in [-0.1, -0.05) is 17.7 Å². The summed E-state index contributed by atoms with van der Waals surface area (Å²) in [7, 11) is 1.41. The Morgan fingerprint density at radius 3 is 2.57 bits per heavy atom. The number of rotatable bonds is 3. The summed E-state index contributed by atoms with van der Waals surface area (Å²) in [4.78, 5) is 51.6. The standard InChI is InChI=1S/C20H16ClN3O4/c1-23-19(27)15-6-5-13(9-16(15)20(23)28)22-18(26)11-7-17(25)24(10-11)14-4-2-3-12(21)8-14/h2-6,8-9,11H,7,10H2,1H3,(H,22,26)/t11-/m1/s1. The predicted octanol–water partition coefficient (Wildman–Crippen LogP) is 2.56. The van der Waals surface area contributed by atoms with Crippen molar-refractivity contribution >= 4 is 46.6 Å². The molecular formula is C20H16ClN3O4. The van der Waals surface area contributed by atoms with E-state index in [4.69, 9.17) is 11.6 Å². The van der Waals surface area contributed by atoms with Crippen molar-refractivity contribution in [3.05, 3.63) is 58.6 Å². The molecule has 1 fully saturated rings. The van der Waals surface area contributed by atoms with Crippen molar-refractivity contribution in [3.63, 3.8) is 0 Å². The highest BCUT2D eigenvalue weighted by atomic mass is 35.5. The third kappa shape index (κ3) is 3.03. The molecule has 1 saturated heterocycles. The number of imide groups is 1. The van der Waals surface area contributed by atoms with Gasteiger partial charge in [0.1, 0.15) is 0 Å². The van der Waals surface area contributed by atoms with Crippen molar-refractivity contribution in [1.29, 1.82) is 0 Å². The molecule has 2 heterocycles. The number of hydrogen-bond acceptors (Lipinski definition) is 4. The molecular weight excluding hydrogens is 382 g/mol. The van der Waals surface area contributed by atoms with Gasteiger partial charge >= 0.3 is 0 Å². The Labute approximate surface area is 165 Å². The Balaban J connectivity index is 1.49. The molecule has 28 heavy (non-hydrogen) atoms. The van der Waals surface area contributed by atoms with E-state index in [1.165, 1.54) is 24.1 Å². The van der Waals surface area contributed by atoms with E-state index in [9.17, 15) is 19.2 Å². The summed E-state index contributed by atoms with van der Waals surface area (Å²) in [6.07, 6.45) is 0.0867. The lowest BCUT2D eigenvalue weighted by atomic mass is 10.1. The molecule has 7 nitrogen and oxygen atoms in total. The number of nitrogens with zero attached hydrogens (tertiary/aromatic N) is 2. The summed E-state index contributed by atoms with van der Waals surface area (Å²) in [5.41, 5.74) is 1.63. The molecule has 4 rings (SSSR count). The third-order valence-corrected chi connectivity index (χ3v) is 5.21. The Morgan fingerprint density at radius 1 is 1.07 bits per heavy atom. The zero-order chi connectivity index (χ0) is 20.0. The SMILES string of the molecule is CN1C(=O)c2ccc(NC(=O)[C@@H]3CC(=O)N(c4cccc(Cl)c4)C3)cc2C1=O. The second-order valence-electron chi connectivity index (χ2n) is 6.80. The summed E-state index contributed by atoms with van der Waals surface area (Å²) in [5.74, 6) is -1.77. The number of carbonyl (C=O) groups is 4. The van der Waals surface area contributed by atoms with Gasteiger partial charge in [-0.05, 0) is 36.4 Å². The lowest BCUT2D eigenvalue weighted by molar-refractivity contribution is -0.122. The van der Waals surface area contributed by atoms with Gasteiger partial charge in [0, 0.05) is 36.4 Å². The van der Waals surface area contributed by atoms with Crippen molar-refractivity contribution in [2.75, 3.05) is 23.8 Å². The number of nitrogens with one attached hydrogen (secondary N) is 1. The number of anilines is 2. The van der Waals surface area contributed by atoms with Gasteiger partial charge in [0.2, 0.25) is 11.8 Å². The van der Waals surface area contributed by atoms with Crippen LogP contribution >= 0.6 is 11.6 Å². The van der Waals surface area contributed by atoms with Crippen LogP contribution in [0.15, 0.2) is 42.5 Å². The van der Waals surface area contributed by atoms with E-state index in [2.05, 4.69) is 5.32 Å². The van der Waals surface area contributed by atoms with Crippen LogP contribution in [0.25, 0.3) is 0 Å². The van der Waals surface area contributed by atoms with Crippen LogP contribution in [0.5, 0.6) is 0 Å². The van der Waals surface area contributed by atoms with Gasteiger partial charge in [0.25, 0.3) is 11.8 Å². The number of fused-ring (bicyclic) bond motifs is 1. The molecule has 0 aliphatic carbocycles. The molecule has 0 bridgehead atoms. The highest BCUT2D eigenvalue weighted by Gasteiger charge is 2.36. The monoisotopic (exact) mass is 397 g/mol. The van der Waals surface area contributed by atoms with E-state index in [0.717, 1.165) is 4.90 Å². The first-order chi connectivity index (χ1) is 13.3. The van der Waals surface area contributed by atoms with E-state index >= 15 is 0 Å². The van der Waals surface area contributed by atoms with Crippen LogP contribution < -0.4 is 10.2 Å². The van der Waals surface area contributed by atoms with Crippen LogP contribution in [0.2, 0.25) is 5.02 Å². The molecule has 2 aromatic carbocycles. The Kier molecular flexibility index (Phi) is 4.39. The van der Waals surface area contributed by atoms with Crippen LogP contribution in [0.3, 0.4) is 0 Å². The molecule has 8 heteroatoms. The third-order valence-electron chi connectivity index (χ3n) is 4.97. The second-order valence-corrected chi connectivity index (χ2v) is 7.24. The van der Waals surface area contributed by atoms with E-state index in [1.54, 1.807) is 30.3 Å². The first-order valence-corrected chi connectivity index (χ1v) is 9.06. The predicted molar refractivity (Wildman–Crippen MR) is 103 cm³/mol. The minimum Gasteiger partial charge on any atom is -0.326 e. The lowest BCUT2D eigenvalue weighted by Gasteiger charge is -2.17. The molecule has 2 aliphatic rings. The first-order valence-electron chi connectivity index (χ1n) is 8.68. The van der Waals surface area contributed by atoms with Crippen molar-refractivity contribution in [1.82, 2.24) is 4.90 Å². The van der Waals surface area contributed by atoms with E-state index in [1.807, 2.05) is 0 Å². The zero-order valence-corrected chi connectivity index (χ0v) is 15.7. The minimum absolute atomic E-state index is 0.0867. The van der Waals surface area contributed by atoms with Gasteiger partial charge in [0.05, 0.1) is 17.0 Å². The van der Waals surface area contributed by atoms with Crippen LogP contribution in [0.1, 0.15) is 27.1 Å². The molecule has 4 amide bonds. The fourth-order valence-corrected chi connectivity index (χ4v) is 3.64. The summed E-state index contributed by atoms with van der Waals surface area (Å²) < 4.78 is 0. The van der Waals surface area contributed by atoms with Crippen molar-refractivity contribution in [3.8, 4) is 0 Å². The number of amides is 4. The maximum atomic E-state index is 12.6. The topological polar surface area (TPSA) is 86.8 Å². The summed E-state index contributed by atoms with van der Waals surface area (Å²) in [6, 6.07) is 11.5. The summed E-state index contributed by atoms with van der Waals surface area (Å²) in [5, 5.41) is 3.26. The Morgan fingerprint density at radius 2 is 1.82 bits per heavy atom. The van der Waals surface area contributed by atoms with Gasteiger partial charge < -0.3 is 10.2 Å². The van der Waals surface area contributed by atoms with Crippen LogP contribution in [-0.4, -0.2) is 42.1 Å². The molecule has 1 atom stereocenters. The fraction of sp³-hybridized carbons (Fsp3) is 0.200. The van der Waals surface area contributed by atoms with Crippen molar-refractivity contribution in [2.45, 2.75) is 6.42 Å². The molecule has 2 aliphatic heterocycles. The first kappa shape index (κ1) is 18.2. The van der Waals surface area contributed by atoms with E-state index in [-0.39, 0.29) is 36.3 Å². The quantitative estimate of drug-likeness (QED) is 0.806. The highest BCUT2D eigenvalue weighted by Crippen LogP contribution is 2.29. The fourth-order valence-electron chi connectivity index (χ4n) is 3.46.